The van der Waals surface area contributed by atoms with Gasteiger partial charge in [0.1, 0.15) is 6.33 Å². The summed E-state index contributed by atoms with van der Waals surface area (Å²) in [5.41, 5.74) is 3.52. The fourth-order valence-electron chi connectivity index (χ4n) is 3.66. The Labute approximate surface area is 158 Å². The highest BCUT2D eigenvalue weighted by Crippen LogP contribution is 2.23. The van der Waals surface area contributed by atoms with Crippen LogP contribution in [0, 0.1) is 13.8 Å². The molecule has 1 atom stereocenters. The van der Waals surface area contributed by atoms with Crippen molar-refractivity contribution in [1.29, 1.82) is 0 Å². The maximum Gasteiger partial charge on any atom is 0.224 e. The van der Waals surface area contributed by atoms with E-state index >= 15 is 0 Å². The second kappa shape index (κ2) is 7.48. The molecule has 6 heteroatoms. The molecule has 1 aromatic carbocycles. The van der Waals surface area contributed by atoms with E-state index in [1.54, 1.807) is 0 Å². The number of ether oxygens (including phenoxy) is 2. The summed E-state index contributed by atoms with van der Waals surface area (Å²) in [5, 5.41) is 0.802. The molecule has 140 valence electrons. The lowest BCUT2D eigenvalue weighted by Crippen LogP contribution is -2.18. The molecule has 1 aliphatic rings. The van der Waals surface area contributed by atoms with E-state index < -0.39 is 0 Å². The van der Waals surface area contributed by atoms with Crippen molar-refractivity contribution < 1.29 is 14.3 Å². The number of para-hydroxylation sites is 1. The first-order valence-corrected chi connectivity index (χ1v) is 9.27. The monoisotopic (exact) mass is 365 g/mol. The summed E-state index contributed by atoms with van der Waals surface area (Å²) in [6.45, 7) is 5.58. The quantitative estimate of drug-likeness (QED) is 0.626. The molecule has 0 bridgehead atoms. The van der Waals surface area contributed by atoms with Gasteiger partial charge in [-0.25, -0.2) is 9.97 Å². The Morgan fingerprint density at radius 3 is 2.96 bits per heavy atom. The van der Waals surface area contributed by atoms with Crippen molar-refractivity contribution in [3.8, 4) is 5.88 Å². The molecule has 6 nitrogen and oxygen atoms in total. The minimum absolute atomic E-state index is 0.0504. The molecule has 0 spiro atoms. The van der Waals surface area contributed by atoms with Crippen LogP contribution >= 0.6 is 0 Å². The Hall–Kier alpha value is -2.73. The third kappa shape index (κ3) is 3.57. The van der Waals surface area contributed by atoms with Crippen molar-refractivity contribution in [3.63, 3.8) is 0 Å². The number of carbonyl (C=O) groups is 1. The van der Waals surface area contributed by atoms with Crippen LogP contribution in [0.4, 0.5) is 0 Å². The molecule has 0 saturated carbocycles. The fraction of sp³-hybridized carbons (Fsp3) is 0.381. The largest absolute Gasteiger partial charge is 0.469 e. The van der Waals surface area contributed by atoms with E-state index in [2.05, 4.69) is 14.5 Å². The number of hydrogen-bond acceptors (Lipinski definition) is 5. The standard InChI is InChI=1S/C21H23N3O3/c1-14-10-18(15(2)24(14)11-16-6-5-9-26-16)20(25)12-27-21-17-7-3-4-8-19(17)22-13-23-21/h3-4,7-8,10,13,16H,5-6,9,11-12H2,1-2H3/t16-/m1/s1. The van der Waals surface area contributed by atoms with Gasteiger partial charge in [0.25, 0.3) is 0 Å². The van der Waals surface area contributed by atoms with Crippen molar-refractivity contribution in [2.45, 2.75) is 39.3 Å². The zero-order valence-corrected chi connectivity index (χ0v) is 15.6. The van der Waals surface area contributed by atoms with E-state index in [9.17, 15) is 4.79 Å². The number of nitrogens with zero attached hydrogens (tertiary/aromatic N) is 3. The average molecular weight is 365 g/mol. The van der Waals surface area contributed by atoms with Crippen LogP contribution in [0.3, 0.4) is 0 Å². The van der Waals surface area contributed by atoms with Crippen LogP contribution < -0.4 is 4.74 Å². The molecule has 0 radical (unpaired) electrons. The molecule has 27 heavy (non-hydrogen) atoms. The van der Waals surface area contributed by atoms with E-state index in [0.717, 1.165) is 48.3 Å². The summed E-state index contributed by atoms with van der Waals surface area (Å²) in [4.78, 5) is 21.2. The first kappa shape index (κ1) is 17.7. The Morgan fingerprint density at radius 1 is 1.30 bits per heavy atom. The predicted octanol–water partition coefficient (Wildman–Crippen LogP) is 3.49. The van der Waals surface area contributed by atoms with Gasteiger partial charge < -0.3 is 14.0 Å². The molecule has 3 aromatic rings. The molecule has 0 unspecified atom stereocenters. The van der Waals surface area contributed by atoms with E-state index in [4.69, 9.17) is 9.47 Å². The summed E-state index contributed by atoms with van der Waals surface area (Å²) in [6.07, 6.45) is 3.87. The number of aromatic nitrogens is 3. The predicted molar refractivity (Wildman–Crippen MR) is 102 cm³/mol. The van der Waals surface area contributed by atoms with Crippen LogP contribution in [0.15, 0.2) is 36.7 Å². The number of rotatable bonds is 6. The van der Waals surface area contributed by atoms with E-state index in [1.165, 1.54) is 6.33 Å². The summed E-state index contributed by atoms with van der Waals surface area (Å²) < 4.78 is 13.6. The lowest BCUT2D eigenvalue weighted by atomic mass is 10.1. The highest BCUT2D eigenvalue weighted by Gasteiger charge is 2.21. The number of benzene rings is 1. The number of Topliss-reactive ketones (excluding diaryl/α,β-unsaturated/α-hetero) is 1. The van der Waals surface area contributed by atoms with Gasteiger partial charge >= 0.3 is 0 Å². The van der Waals surface area contributed by atoms with Gasteiger partial charge in [-0.05, 0) is 44.9 Å². The van der Waals surface area contributed by atoms with Gasteiger partial charge in [0.05, 0.1) is 17.0 Å². The third-order valence-corrected chi connectivity index (χ3v) is 5.13. The van der Waals surface area contributed by atoms with Crippen molar-refractivity contribution in [2.24, 2.45) is 0 Å². The molecular formula is C21H23N3O3. The highest BCUT2D eigenvalue weighted by molar-refractivity contribution is 5.98. The normalized spacial score (nSPS) is 16.7. The Balaban J connectivity index is 1.49. The summed E-state index contributed by atoms with van der Waals surface area (Å²) >= 11 is 0. The average Bonchev–Trinajstić information content (AvgIpc) is 3.30. The molecule has 1 fully saturated rings. The van der Waals surface area contributed by atoms with Crippen molar-refractivity contribution in [1.82, 2.24) is 14.5 Å². The highest BCUT2D eigenvalue weighted by atomic mass is 16.5. The number of carbonyl (C=O) groups excluding carboxylic acids is 1. The maximum atomic E-state index is 12.8. The van der Waals surface area contributed by atoms with Gasteiger partial charge in [0.2, 0.25) is 11.7 Å². The van der Waals surface area contributed by atoms with Crippen LogP contribution in [0.25, 0.3) is 10.9 Å². The third-order valence-electron chi connectivity index (χ3n) is 5.13. The number of fused-ring (bicyclic) bond motifs is 1. The van der Waals surface area contributed by atoms with Gasteiger partial charge in [-0.1, -0.05) is 12.1 Å². The Bertz CT molecular complexity index is 969. The second-order valence-corrected chi connectivity index (χ2v) is 6.94. The molecule has 4 rings (SSSR count). The van der Waals surface area contributed by atoms with E-state index in [-0.39, 0.29) is 18.5 Å². The molecule has 2 aromatic heterocycles. The van der Waals surface area contributed by atoms with Gasteiger partial charge in [-0.2, -0.15) is 0 Å². The number of hydrogen-bond donors (Lipinski definition) is 0. The van der Waals surface area contributed by atoms with Crippen LogP contribution in [-0.4, -0.2) is 39.6 Å². The minimum Gasteiger partial charge on any atom is -0.469 e. The van der Waals surface area contributed by atoms with Crippen LogP contribution in [0.2, 0.25) is 0 Å². The Morgan fingerprint density at radius 2 is 2.15 bits per heavy atom. The molecule has 0 amide bonds. The molecule has 0 aliphatic carbocycles. The second-order valence-electron chi connectivity index (χ2n) is 6.94. The lowest BCUT2D eigenvalue weighted by Gasteiger charge is -2.14. The SMILES string of the molecule is Cc1cc(C(=O)COc2ncnc3ccccc23)c(C)n1C[C@H]1CCCO1. The molecular weight excluding hydrogens is 342 g/mol. The molecule has 1 aliphatic heterocycles. The minimum atomic E-state index is -0.0515. The van der Waals surface area contributed by atoms with Gasteiger partial charge in [0, 0.05) is 30.1 Å². The van der Waals surface area contributed by atoms with Crippen molar-refractivity contribution in [3.05, 3.63) is 53.6 Å². The molecule has 0 N–H and O–H groups in total. The van der Waals surface area contributed by atoms with E-state index in [0.29, 0.717) is 11.4 Å². The first-order chi connectivity index (χ1) is 13.1. The zero-order valence-electron chi connectivity index (χ0n) is 15.6. The molecule has 1 saturated heterocycles. The van der Waals surface area contributed by atoms with Gasteiger partial charge in [-0.15, -0.1) is 0 Å². The fourth-order valence-corrected chi connectivity index (χ4v) is 3.66. The van der Waals surface area contributed by atoms with Crippen molar-refractivity contribution in [2.75, 3.05) is 13.2 Å². The van der Waals surface area contributed by atoms with Crippen molar-refractivity contribution >= 4 is 16.7 Å². The zero-order chi connectivity index (χ0) is 18.8. The van der Waals surface area contributed by atoms with Crippen LogP contribution in [0.5, 0.6) is 5.88 Å². The summed E-state index contributed by atoms with van der Waals surface area (Å²) in [5.74, 6) is 0.381. The topological polar surface area (TPSA) is 66.2 Å². The number of aryl methyl sites for hydroxylation is 1. The van der Waals surface area contributed by atoms with Gasteiger partial charge in [-0.3, -0.25) is 4.79 Å². The molecule has 3 heterocycles. The summed E-state index contributed by atoms with van der Waals surface area (Å²) in [6, 6.07) is 9.54. The van der Waals surface area contributed by atoms with Crippen LogP contribution in [-0.2, 0) is 11.3 Å². The summed E-state index contributed by atoms with van der Waals surface area (Å²) in [7, 11) is 0. The lowest BCUT2D eigenvalue weighted by molar-refractivity contribution is 0.0912. The first-order valence-electron chi connectivity index (χ1n) is 9.27. The van der Waals surface area contributed by atoms with Crippen LogP contribution in [0.1, 0.15) is 34.6 Å². The maximum absolute atomic E-state index is 12.8. The number of ketones is 1. The van der Waals surface area contributed by atoms with E-state index in [1.807, 2.05) is 44.2 Å². The smallest absolute Gasteiger partial charge is 0.224 e. The Kier molecular flexibility index (Phi) is 4.90. The van der Waals surface area contributed by atoms with Gasteiger partial charge in [0.15, 0.2) is 6.61 Å².